The van der Waals surface area contributed by atoms with Gasteiger partial charge in [0.2, 0.25) is 0 Å². The number of benzene rings is 1. The fourth-order valence-electron chi connectivity index (χ4n) is 1.66. The van der Waals surface area contributed by atoms with Gasteiger partial charge >= 0.3 is 6.18 Å². The molecule has 0 saturated carbocycles. The lowest BCUT2D eigenvalue weighted by Gasteiger charge is -2.12. The molecule has 0 aliphatic rings. The summed E-state index contributed by atoms with van der Waals surface area (Å²) < 4.78 is 38.6. The first-order chi connectivity index (χ1) is 8.89. The predicted molar refractivity (Wildman–Crippen MR) is 64.9 cm³/mol. The number of halogens is 4. The van der Waals surface area contributed by atoms with E-state index in [1.165, 1.54) is 18.5 Å². The number of carbonyl (C=O) groups excluding carboxylic acids is 1. The summed E-state index contributed by atoms with van der Waals surface area (Å²) in [5.41, 5.74) is -0.751. The van der Waals surface area contributed by atoms with Crippen LogP contribution in [0.1, 0.15) is 15.9 Å². The van der Waals surface area contributed by atoms with Crippen LogP contribution in [-0.4, -0.2) is 10.2 Å². The lowest BCUT2D eigenvalue weighted by atomic mass is 10.0. The van der Waals surface area contributed by atoms with Crippen LogP contribution in [0.3, 0.4) is 0 Å². The van der Waals surface area contributed by atoms with E-state index in [9.17, 15) is 18.0 Å². The van der Waals surface area contributed by atoms with Crippen molar-refractivity contribution in [3.8, 4) is 11.1 Å². The predicted octanol–water partition coefficient (Wildman–Crippen LogP) is 4.15. The average Bonchev–Trinajstić information content (AvgIpc) is 2.38. The second-order valence-corrected chi connectivity index (χ2v) is 4.12. The van der Waals surface area contributed by atoms with Crippen LogP contribution >= 0.6 is 11.6 Å². The summed E-state index contributed by atoms with van der Waals surface area (Å²) in [5, 5.41) is -1.13. The number of carbonyl (C=O) groups is 1. The van der Waals surface area contributed by atoms with Gasteiger partial charge in [0, 0.05) is 23.5 Å². The average molecular weight is 286 g/mol. The van der Waals surface area contributed by atoms with Crippen LogP contribution in [0.2, 0.25) is 0 Å². The molecule has 2 nitrogen and oxygen atoms in total. The van der Waals surface area contributed by atoms with Crippen LogP contribution in [0.15, 0.2) is 42.7 Å². The molecule has 0 aliphatic carbocycles. The molecule has 98 valence electrons. The molecule has 0 aliphatic heterocycles. The third kappa shape index (κ3) is 2.93. The Labute approximate surface area is 111 Å². The van der Waals surface area contributed by atoms with Crippen LogP contribution in [0.4, 0.5) is 13.2 Å². The summed E-state index contributed by atoms with van der Waals surface area (Å²) in [6.45, 7) is 0. The second kappa shape index (κ2) is 5.01. The maximum Gasteiger partial charge on any atom is 0.417 e. The van der Waals surface area contributed by atoms with Gasteiger partial charge in [0.05, 0.1) is 5.56 Å². The summed E-state index contributed by atoms with van der Waals surface area (Å²) in [7, 11) is 0. The van der Waals surface area contributed by atoms with Crippen LogP contribution < -0.4 is 0 Å². The van der Waals surface area contributed by atoms with Crippen LogP contribution in [0.5, 0.6) is 0 Å². The van der Waals surface area contributed by atoms with Crippen molar-refractivity contribution in [2.24, 2.45) is 0 Å². The topological polar surface area (TPSA) is 30.0 Å². The van der Waals surface area contributed by atoms with Gasteiger partial charge in [-0.15, -0.1) is 0 Å². The Kier molecular flexibility index (Phi) is 3.57. The van der Waals surface area contributed by atoms with Crippen LogP contribution in [-0.2, 0) is 6.18 Å². The van der Waals surface area contributed by atoms with Crippen molar-refractivity contribution in [2.75, 3.05) is 0 Å². The maximum atomic E-state index is 12.9. The highest BCUT2D eigenvalue weighted by molar-refractivity contribution is 6.67. The van der Waals surface area contributed by atoms with Crippen molar-refractivity contribution in [1.82, 2.24) is 4.98 Å². The van der Waals surface area contributed by atoms with Gasteiger partial charge in [-0.1, -0.05) is 12.1 Å². The fourth-order valence-corrected chi connectivity index (χ4v) is 1.83. The lowest BCUT2D eigenvalue weighted by molar-refractivity contribution is -0.137. The van der Waals surface area contributed by atoms with E-state index in [-0.39, 0.29) is 0 Å². The van der Waals surface area contributed by atoms with E-state index in [0.29, 0.717) is 11.1 Å². The standard InChI is InChI=1S/C13H7ClF3NO/c14-12(19)10-4-3-8(6-11(10)13(15,16)17)9-2-1-5-18-7-9/h1-7H. The van der Waals surface area contributed by atoms with Crippen LogP contribution in [0, 0.1) is 0 Å². The van der Waals surface area contributed by atoms with Crippen molar-refractivity contribution in [3.63, 3.8) is 0 Å². The number of hydrogen-bond donors (Lipinski definition) is 0. The van der Waals surface area contributed by atoms with Crippen molar-refractivity contribution in [2.45, 2.75) is 6.18 Å². The molecule has 2 aromatic rings. The molecule has 0 amide bonds. The van der Waals surface area contributed by atoms with E-state index in [1.54, 1.807) is 12.1 Å². The number of nitrogens with zero attached hydrogens (tertiary/aromatic N) is 1. The largest absolute Gasteiger partial charge is 0.417 e. The van der Waals surface area contributed by atoms with E-state index in [2.05, 4.69) is 4.98 Å². The smallest absolute Gasteiger partial charge is 0.276 e. The molecule has 19 heavy (non-hydrogen) atoms. The monoisotopic (exact) mass is 285 g/mol. The summed E-state index contributed by atoms with van der Waals surface area (Å²) in [6.07, 6.45) is -1.68. The second-order valence-electron chi connectivity index (χ2n) is 3.77. The number of rotatable bonds is 2. The van der Waals surface area contributed by atoms with Gasteiger partial charge in [-0.2, -0.15) is 13.2 Å². The minimum absolute atomic E-state index is 0.321. The van der Waals surface area contributed by atoms with Gasteiger partial charge in [0.15, 0.2) is 0 Å². The minimum atomic E-state index is -4.64. The summed E-state index contributed by atoms with van der Waals surface area (Å²) >= 11 is 5.16. The van der Waals surface area contributed by atoms with E-state index in [0.717, 1.165) is 12.1 Å². The Morgan fingerprint density at radius 3 is 2.42 bits per heavy atom. The maximum absolute atomic E-state index is 12.9. The zero-order valence-corrected chi connectivity index (χ0v) is 10.2. The minimum Gasteiger partial charge on any atom is -0.276 e. The number of pyridine rings is 1. The normalized spacial score (nSPS) is 11.4. The molecule has 1 heterocycles. The molecule has 0 atom stereocenters. The number of alkyl halides is 3. The number of hydrogen-bond acceptors (Lipinski definition) is 2. The van der Waals surface area contributed by atoms with Gasteiger partial charge in [-0.05, 0) is 35.4 Å². The highest BCUT2D eigenvalue weighted by atomic mass is 35.5. The Hall–Kier alpha value is -1.88. The first-order valence-corrected chi connectivity index (χ1v) is 5.59. The first kappa shape index (κ1) is 13.5. The molecule has 0 unspecified atom stereocenters. The van der Waals surface area contributed by atoms with Crippen LogP contribution in [0.25, 0.3) is 11.1 Å². The van der Waals surface area contributed by atoms with Gasteiger partial charge < -0.3 is 0 Å². The Bertz CT molecular complexity index is 611. The molecule has 0 N–H and O–H groups in total. The molecule has 0 bridgehead atoms. The third-order valence-electron chi connectivity index (χ3n) is 2.53. The van der Waals surface area contributed by atoms with E-state index >= 15 is 0 Å². The van der Waals surface area contributed by atoms with Crippen molar-refractivity contribution in [3.05, 3.63) is 53.9 Å². The van der Waals surface area contributed by atoms with Crippen molar-refractivity contribution < 1.29 is 18.0 Å². The Morgan fingerprint density at radius 1 is 1.16 bits per heavy atom. The lowest BCUT2D eigenvalue weighted by Crippen LogP contribution is -2.11. The Balaban J connectivity index is 2.60. The molecule has 0 saturated heterocycles. The summed E-state index contributed by atoms with van der Waals surface area (Å²) in [4.78, 5) is 14.8. The third-order valence-corrected chi connectivity index (χ3v) is 2.74. The zero-order chi connectivity index (χ0) is 14.0. The number of aromatic nitrogens is 1. The molecular weight excluding hydrogens is 279 g/mol. The van der Waals surface area contributed by atoms with E-state index in [1.807, 2.05) is 0 Å². The SMILES string of the molecule is O=C(Cl)c1ccc(-c2cccnc2)cc1C(F)(F)F. The summed E-state index contributed by atoms with van der Waals surface area (Å²) in [6, 6.07) is 6.61. The van der Waals surface area contributed by atoms with E-state index < -0.39 is 22.5 Å². The molecular formula is C13H7ClF3NO. The summed E-state index contributed by atoms with van der Waals surface area (Å²) in [5.74, 6) is 0. The highest BCUT2D eigenvalue weighted by Crippen LogP contribution is 2.35. The molecule has 0 spiro atoms. The van der Waals surface area contributed by atoms with Crippen molar-refractivity contribution >= 4 is 16.8 Å². The van der Waals surface area contributed by atoms with Gasteiger partial charge in [0.25, 0.3) is 5.24 Å². The quantitative estimate of drug-likeness (QED) is 0.776. The zero-order valence-electron chi connectivity index (χ0n) is 9.41. The van der Waals surface area contributed by atoms with Gasteiger partial charge in [0.1, 0.15) is 0 Å². The molecule has 1 aromatic heterocycles. The highest BCUT2D eigenvalue weighted by Gasteiger charge is 2.35. The molecule has 6 heteroatoms. The van der Waals surface area contributed by atoms with E-state index in [4.69, 9.17) is 11.6 Å². The Morgan fingerprint density at radius 2 is 1.89 bits per heavy atom. The molecule has 1 aromatic carbocycles. The van der Waals surface area contributed by atoms with Crippen molar-refractivity contribution in [1.29, 1.82) is 0 Å². The van der Waals surface area contributed by atoms with Gasteiger partial charge in [-0.25, -0.2) is 0 Å². The van der Waals surface area contributed by atoms with Gasteiger partial charge in [-0.3, -0.25) is 9.78 Å². The molecule has 2 rings (SSSR count). The fraction of sp³-hybridized carbons (Fsp3) is 0.0769. The first-order valence-electron chi connectivity index (χ1n) is 5.21. The molecule has 0 fully saturated rings. The molecule has 0 radical (unpaired) electrons.